The van der Waals surface area contributed by atoms with Crippen molar-refractivity contribution < 1.29 is 18.8 Å². The zero-order chi connectivity index (χ0) is 13.0. The van der Waals surface area contributed by atoms with E-state index in [4.69, 9.17) is 5.73 Å². The topological polar surface area (TPSA) is 95.5 Å². The summed E-state index contributed by atoms with van der Waals surface area (Å²) in [5.41, 5.74) is 5.50. The summed E-state index contributed by atoms with van der Waals surface area (Å²) in [5.74, 6) is -1.06. The highest BCUT2D eigenvalue weighted by atomic mass is 32.1. The van der Waals surface area contributed by atoms with Crippen molar-refractivity contribution in [1.82, 2.24) is 0 Å². The van der Waals surface area contributed by atoms with E-state index < -0.39 is 23.1 Å². The molecule has 0 aliphatic rings. The molecule has 17 heavy (non-hydrogen) atoms. The minimum absolute atomic E-state index is 0.0521. The van der Waals surface area contributed by atoms with Gasteiger partial charge in [0.05, 0.1) is 17.6 Å². The number of hydrogen-bond donors (Lipinski definition) is 1. The molecule has 6 nitrogen and oxygen atoms in total. The van der Waals surface area contributed by atoms with Crippen LogP contribution in [0.1, 0.15) is 17.8 Å². The van der Waals surface area contributed by atoms with Gasteiger partial charge in [-0.2, -0.15) is 0 Å². The molecule has 0 radical (unpaired) electrons. The second kappa shape index (κ2) is 5.69. The molecule has 0 amide bonds. The number of hydrogen-bond acceptors (Lipinski definition) is 6. The first-order chi connectivity index (χ1) is 7.97. The van der Waals surface area contributed by atoms with Crippen LogP contribution >= 0.6 is 11.3 Å². The molecule has 0 saturated heterocycles. The molecule has 1 aromatic rings. The summed E-state index contributed by atoms with van der Waals surface area (Å²) < 4.78 is 18.0. The van der Waals surface area contributed by atoms with Crippen LogP contribution < -0.4 is 5.73 Å². The number of ether oxygens (including phenoxy) is 1. The van der Waals surface area contributed by atoms with E-state index in [1.54, 1.807) is 6.92 Å². The van der Waals surface area contributed by atoms with Gasteiger partial charge in [0.2, 0.25) is 6.17 Å². The molecule has 0 saturated carbocycles. The van der Waals surface area contributed by atoms with E-state index >= 15 is 0 Å². The summed E-state index contributed by atoms with van der Waals surface area (Å²) in [6.07, 6.45) is -2.02. The Hall–Kier alpha value is -1.54. The lowest BCUT2D eigenvalue weighted by Gasteiger charge is -2.13. The summed E-state index contributed by atoms with van der Waals surface area (Å²) in [4.78, 5) is 21.2. The first-order valence-corrected chi connectivity index (χ1v) is 5.59. The third-order valence-electron chi connectivity index (χ3n) is 1.95. The lowest BCUT2D eigenvalue weighted by molar-refractivity contribution is -0.380. The van der Waals surface area contributed by atoms with Gasteiger partial charge in [-0.15, -0.1) is 0 Å². The van der Waals surface area contributed by atoms with Crippen molar-refractivity contribution in [1.29, 1.82) is 0 Å². The number of rotatable bonds is 5. The van der Waals surface area contributed by atoms with E-state index in [1.165, 1.54) is 12.1 Å². The molecule has 0 aromatic carbocycles. The maximum Gasteiger partial charge on any atom is 0.342 e. The van der Waals surface area contributed by atoms with Gasteiger partial charge in [0, 0.05) is 10.9 Å². The molecular formula is C9H11FN2O4S. The van der Waals surface area contributed by atoms with Crippen molar-refractivity contribution in [2.45, 2.75) is 19.1 Å². The Morgan fingerprint density at radius 3 is 2.82 bits per heavy atom. The maximum atomic E-state index is 13.5. The normalized spacial score (nSPS) is 14.1. The molecule has 2 atom stereocenters. The molecule has 1 unspecified atom stereocenters. The monoisotopic (exact) mass is 262 g/mol. The van der Waals surface area contributed by atoms with Crippen LogP contribution in [-0.4, -0.2) is 23.7 Å². The van der Waals surface area contributed by atoms with Crippen molar-refractivity contribution in [3.05, 3.63) is 27.1 Å². The van der Waals surface area contributed by atoms with Gasteiger partial charge in [-0.3, -0.25) is 10.1 Å². The van der Waals surface area contributed by atoms with Crippen molar-refractivity contribution in [2.75, 3.05) is 6.61 Å². The van der Waals surface area contributed by atoms with Crippen LogP contribution in [0.25, 0.3) is 0 Å². The molecule has 0 fully saturated rings. The standard InChI is InChI=1S/C9H11FN2O4S/c1-2-16-9(13)7(10)8(11)5-3-4-6(17-5)12(14)15/h3-4,7-8H,2,11H2,1H3/t7?,8-/m0/s1. The first kappa shape index (κ1) is 13.5. The fourth-order valence-electron chi connectivity index (χ4n) is 1.13. The molecule has 1 heterocycles. The predicted octanol–water partition coefficient (Wildman–Crippen LogP) is 1.56. The van der Waals surface area contributed by atoms with Crippen LogP contribution in [0.4, 0.5) is 9.39 Å². The van der Waals surface area contributed by atoms with Crippen LogP contribution in [0.2, 0.25) is 0 Å². The lowest BCUT2D eigenvalue weighted by Crippen LogP contribution is -2.30. The number of carbonyl (C=O) groups excluding carboxylic acids is 1. The van der Waals surface area contributed by atoms with Crippen LogP contribution in [0.15, 0.2) is 12.1 Å². The van der Waals surface area contributed by atoms with E-state index in [0.717, 1.165) is 11.3 Å². The molecule has 0 spiro atoms. The zero-order valence-electron chi connectivity index (χ0n) is 8.96. The fourth-order valence-corrected chi connectivity index (χ4v) is 1.98. The second-order valence-corrected chi connectivity index (χ2v) is 4.21. The highest BCUT2D eigenvalue weighted by molar-refractivity contribution is 7.15. The molecular weight excluding hydrogens is 251 g/mol. The number of nitro groups is 1. The van der Waals surface area contributed by atoms with Crippen molar-refractivity contribution in [3.63, 3.8) is 0 Å². The Balaban J connectivity index is 2.77. The van der Waals surface area contributed by atoms with E-state index in [2.05, 4.69) is 4.74 Å². The fraction of sp³-hybridized carbons (Fsp3) is 0.444. The molecule has 2 N–H and O–H groups in total. The highest BCUT2D eigenvalue weighted by Crippen LogP contribution is 2.30. The summed E-state index contributed by atoms with van der Waals surface area (Å²) in [5, 5.41) is 10.3. The number of alkyl halides is 1. The predicted molar refractivity (Wildman–Crippen MR) is 59.4 cm³/mol. The summed E-state index contributed by atoms with van der Waals surface area (Å²) in [6.45, 7) is 1.60. The SMILES string of the molecule is CCOC(=O)C(F)[C@@H](N)c1ccc([N+](=O)[O-])s1. The van der Waals surface area contributed by atoms with Gasteiger partial charge in [-0.1, -0.05) is 11.3 Å². The van der Waals surface area contributed by atoms with Gasteiger partial charge in [0.1, 0.15) is 0 Å². The maximum absolute atomic E-state index is 13.5. The first-order valence-electron chi connectivity index (χ1n) is 4.77. The van der Waals surface area contributed by atoms with Crippen LogP contribution in [0, 0.1) is 10.1 Å². The Morgan fingerprint density at radius 1 is 1.71 bits per heavy atom. The van der Waals surface area contributed by atoms with Gasteiger partial charge >= 0.3 is 11.0 Å². The Labute approximate surface area is 100 Å². The van der Waals surface area contributed by atoms with Crippen LogP contribution in [-0.2, 0) is 9.53 Å². The van der Waals surface area contributed by atoms with Crippen LogP contribution in [0.5, 0.6) is 0 Å². The average Bonchev–Trinajstić information content (AvgIpc) is 2.76. The second-order valence-electron chi connectivity index (χ2n) is 3.11. The lowest BCUT2D eigenvalue weighted by atomic mass is 10.1. The number of nitrogens with two attached hydrogens (primary N) is 1. The molecule has 0 bridgehead atoms. The van der Waals surface area contributed by atoms with Gasteiger partial charge in [0.25, 0.3) is 0 Å². The third-order valence-corrected chi connectivity index (χ3v) is 3.09. The largest absolute Gasteiger partial charge is 0.464 e. The van der Waals surface area contributed by atoms with Crippen molar-refractivity contribution in [2.24, 2.45) is 5.73 Å². The van der Waals surface area contributed by atoms with E-state index in [9.17, 15) is 19.3 Å². The van der Waals surface area contributed by atoms with Crippen molar-refractivity contribution >= 4 is 22.3 Å². The molecule has 0 aliphatic heterocycles. The van der Waals surface area contributed by atoms with Gasteiger partial charge < -0.3 is 10.5 Å². The molecule has 1 rings (SSSR count). The van der Waals surface area contributed by atoms with E-state index in [-0.39, 0.29) is 16.5 Å². The number of carbonyl (C=O) groups is 1. The Morgan fingerprint density at radius 2 is 2.35 bits per heavy atom. The summed E-state index contributed by atoms with van der Waals surface area (Å²) >= 11 is 0.741. The molecule has 8 heteroatoms. The number of thiophene rings is 1. The Bertz CT molecular complexity index is 423. The summed E-state index contributed by atoms with van der Waals surface area (Å²) in [6, 6.07) is 1.31. The number of esters is 1. The number of nitrogens with zero attached hydrogens (tertiary/aromatic N) is 1. The average molecular weight is 262 g/mol. The zero-order valence-corrected chi connectivity index (χ0v) is 9.78. The molecule has 1 aromatic heterocycles. The molecule has 94 valence electrons. The smallest absolute Gasteiger partial charge is 0.342 e. The van der Waals surface area contributed by atoms with Crippen LogP contribution in [0.3, 0.4) is 0 Å². The van der Waals surface area contributed by atoms with Gasteiger partial charge in [-0.05, 0) is 13.0 Å². The van der Waals surface area contributed by atoms with Gasteiger partial charge in [-0.25, -0.2) is 9.18 Å². The van der Waals surface area contributed by atoms with E-state index in [0.29, 0.717) is 0 Å². The molecule has 0 aliphatic carbocycles. The van der Waals surface area contributed by atoms with E-state index in [1.807, 2.05) is 0 Å². The summed E-state index contributed by atoms with van der Waals surface area (Å²) in [7, 11) is 0. The number of halogens is 1. The minimum atomic E-state index is -2.02. The quantitative estimate of drug-likeness (QED) is 0.493. The minimum Gasteiger partial charge on any atom is -0.464 e. The van der Waals surface area contributed by atoms with Gasteiger partial charge in [0.15, 0.2) is 0 Å². The Kier molecular flexibility index (Phi) is 4.53. The highest BCUT2D eigenvalue weighted by Gasteiger charge is 2.29. The van der Waals surface area contributed by atoms with Crippen molar-refractivity contribution in [3.8, 4) is 0 Å². The third kappa shape index (κ3) is 3.21.